The molecule has 5 aromatic rings. The maximum atomic E-state index is 15.3. The highest BCUT2D eigenvalue weighted by molar-refractivity contribution is 6.05. The number of aryl methyl sites for hydroxylation is 2. The molecule has 0 unspecified atom stereocenters. The van der Waals surface area contributed by atoms with Crippen LogP contribution in [0.1, 0.15) is 97.3 Å². The maximum absolute atomic E-state index is 15.3. The van der Waals surface area contributed by atoms with Crippen molar-refractivity contribution in [1.29, 1.82) is 0 Å². The molecule has 1 aliphatic carbocycles. The van der Waals surface area contributed by atoms with Gasteiger partial charge in [0.1, 0.15) is 11.6 Å². The van der Waals surface area contributed by atoms with E-state index in [0.29, 0.717) is 59.6 Å². The van der Waals surface area contributed by atoms with Crippen molar-refractivity contribution < 1.29 is 27.9 Å². The van der Waals surface area contributed by atoms with E-state index in [9.17, 15) is 14.4 Å². The van der Waals surface area contributed by atoms with Crippen LogP contribution in [0.3, 0.4) is 0 Å². The Morgan fingerprint density at radius 2 is 1.66 bits per heavy atom. The highest BCUT2D eigenvalue weighted by Crippen LogP contribution is 2.38. The zero-order valence-corrected chi connectivity index (χ0v) is 33.6. The topological polar surface area (TPSA) is 148 Å². The Kier molecular flexibility index (Phi) is 10.4. The van der Waals surface area contributed by atoms with Gasteiger partial charge in [0.05, 0.1) is 41.0 Å². The molecule has 4 aliphatic rings. The van der Waals surface area contributed by atoms with Crippen molar-refractivity contribution in [2.45, 2.75) is 95.7 Å². The molecule has 2 aromatic carbocycles. The summed E-state index contributed by atoms with van der Waals surface area (Å²) in [6.45, 7) is 6.97. The van der Waals surface area contributed by atoms with Crippen LogP contribution in [0.15, 0.2) is 48.7 Å². The number of imidazole rings is 1. The summed E-state index contributed by atoms with van der Waals surface area (Å²) >= 11 is 0. The highest BCUT2D eigenvalue weighted by atomic mass is 19.1. The number of carbonyl (C=O) groups excluding carboxylic acids is 3. The number of hydrogen-bond acceptors (Lipinski definition) is 9. The average molecular weight is 806 g/mol. The SMILES string of the molecule is Cc1cc2cc(n1)-c1cnn(C)c1OCCC[C@@H](C)Cn1c(nc3ccc(N4CC(NC5CCC(c6cc(F)c([C@H]7CCC(=O)NC7=O)c(F)c6)CC5)C4)cc31)NC2=O. The molecule has 3 aliphatic heterocycles. The molecule has 9 rings (SSSR count). The van der Waals surface area contributed by atoms with Gasteiger partial charge < -0.3 is 19.5 Å². The van der Waals surface area contributed by atoms with Crippen LogP contribution in [0.4, 0.5) is 20.4 Å². The van der Waals surface area contributed by atoms with E-state index in [1.807, 2.05) is 20.0 Å². The Bertz CT molecular complexity index is 2430. The second-order valence-corrected chi connectivity index (χ2v) is 16.9. The molecule has 2 atom stereocenters. The summed E-state index contributed by atoms with van der Waals surface area (Å²) in [6, 6.07) is 13.2. The number of rotatable bonds is 5. The van der Waals surface area contributed by atoms with Crippen LogP contribution in [0.5, 0.6) is 5.88 Å². The number of fused-ring (bicyclic) bond motifs is 7. The third kappa shape index (κ3) is 7.79. The first-order valence-electron chi connectivity index (χ1n) is 20.8. The van der Waals surface area contributed by atoms with Crippen molar-refractivity contribution in [3.63, 3.8) is 0 Å². The van der Waals surface area contributed by atoms with Gasteiger partial charge in [-0.3, -0.25) is 30.0 Å². The summed E-state index contributed by atoms with van der Waals surface area (Å²) < 4.78 is 40.6. The van der Waals surface area contributed by atoms with Crippen LogP contribution in [0.25, 0.3) is 22.3 Å². The van der Waals surface area contributed by atoms with Gasteiger partial charge in [-0.2, -0.15) is 5.10 Å². The predicted octanol–water partition coefficient (Wildman–Crippen LogP) is 6.50. The van der Waals surface area contributed by atoms with Crippen molar-refractivity contribution in [2.75, 3.05) is 29.9 Å². The van der Waals surface area contributed by atoms with Gasteiger partial charge in [0.15, 0.2) is 0 Å². The smallest absolute Gasteiger partial charge is 0.258 e. The van der Waals surface area contributed by atoms with Gasteiger partial charge in [-0.25, -0.2) is 18.4 Å². The van der Waals surface area contributed by atoms with E-state index in [1.54, 1.807) is 23.0 Å². The number of hydrogen-bond donors (Lipinski definition) is 3. The van der Waals surface area contributed by atoms with Crippen molar-refractivity contribution >= 4 is 40.4 Å². The molecule has 308 valence electrons. The first kappa shape index (κ1) is 38.8. The Morgan fingerprint density at radius 3 is 2.42 bits per heavy atom. The number of imide groups is 1. The second-order valence-electron chi connectivity index (χ2n) is 16.9. The first-order valence-corrected chi connectivity index (χ1v) is 20.8. The minimum atomic E-state index is -0.995. The molecule has 3 aromatic heterocycles. The number of carbonyl (C=O) groups is 3. The van der Waals surface area contributed by atoms with E-state index in [2.05, 4.69) is 49.6 Å². The Morgan fingerprint density at radius 1 is 0.881 bits per heavy atom. The van der Waals surface area contributed by atoms with Gasteiger partial charge >= 0.3 is 0 Å². The summed E-state index contributed by atoms with van der Waals surface area (Å²) in [6.07, 6.45) is 7.06. The number of ether oxygens (including phenoxy) is 1. The zero-order chi connectivity index (χ0) is 40.9. The largest absolute Gasteiger partial charge is 0.477 e. The van der Waals surface area contributed by atoms with Gasteiger partial charge in [-0.15, -0.1) is 0 Å². The van der Waals surface area contributed by atoms with Crippen LogP contribution in [-0.4, -0.2) is 73.8 Å². The molecular formula is C44H49F2N9O4. The quantitative estimate of drug-likeness (QED) is 0.169. The molecule has 2 saturated heterocycles. The van der Waals surface area contributed by atoms with E-state index >= 15 is 8.78 Å². The number of piperidine rings is 1. The fourth-order valence-electron chi connectivity index (χ4n) is 9.34. The summed E-state index contributed by atoms with van der Waals surface area (Å²) in [5.74, 6) is -2.31. The molecule has 3 amide bonds. The standard InChI is InChI=1S/C44H49F2N9O4/c1-24-5-4-14-59-43-33(20-47-53(43)3)37-18-28(15-25(2)48-37)41(57)52-44-50-36-12-10-31(19-38(36)55(44)21-24)54-22-30(23-54)49-29-8-6-26(7-9-29)27-16-34(45)40(35(46)17-27)32-11-13-39(56)51-42(32)58/h10,12,15-20,24,26,29-30,32,49H,4-9,11,13-14,21-23H2,1-3H3,(H,50,52,57)(H,51,56,58)/t24-,26?,29?,32-/m1/s1. The van der Waals surface area contributed by atoms with Crippen LogP contribution >= 0.6 is 0 Å². The lowest BCUT2D eigenvalue weighted by Gasteiger charge is -2.44. The lowest BCUT2D eigenvalue weighted by molar-refractivity contribution is -0.134. The lowest BCUT2D eigenvalue weighted by atomic mass is 9.80. The molecule has 6 heterocycles. The van der Waals surface area contributed by atoms with Crippen LogP contribution < -0.4 is 25.6 Å². The molecule has 59 heavy (non-hydrogen) atoms. The number of nitrogens with zero attached hydrogens (tertiary/aromatic N) is 6. The second kappa shape index (κ2) is 15.8. The van der Waals surface area contributed by atoms with Gasteiger partial charge in [0, 0.05) is 67.7 Å². The van der Waals surface area contributed by atoms with Crippen molar-refractivity contribution in [2.24, 2.45) is 13.0 Å². The van der Waals surface area contributed by atoms with Crippen LogP contribution in [0.2, 0.25) is 0 Å². The summed E-state index contributed by atoms with van der Waals surface area (Å²) in [7, 11) is 1.84. The van der Waals surface area contributed by atoms with Gasteiger partial charge in [0.2, 0.25) is 23.6 Å². The fourth-order valence-corrected chi connectivity index (χ4v) is 9.34. The third-order valence-corrected chi connectivity index (χ3v) is 12.5. The number of pyridine rings is 1. The normalized spacial score (nSPS) is 23.0. The van der Waals surface area contributed by atoms with Crippen molar-refractivity contribution in [3.8, 4) is 17.1 Å². The number of halogens is 2. The molecule has 1 saturated carbocycles. The number of anilines is 2. The summed E-state index contributed by atoms with van der Waals surface area (Å²) in [5, 5.41) is 13.5. The maximum Gasteiger partial charge on any atom is 0.258 e. The molecule has 3 N–H and O–H groups in total. The third-order valence-electron chi connectivity index (χ3n) is 12.5. The highest BCUT2D eigenvalue weighted by Gasteiger charge is 2.35. The molecule has 13 nitrogen and oxygen atoms in total. The van der Waals surface area contributed by atoms with E-state index in [4.69, 9.17) is 14.7 Å². The van der Waals surface area contributed by atoms with Crippen LogP contribution in [-0.2, 0) is 23.2 Å². The van der Waals surface area contributed by atoms with E-state index in [0.717, 1.165) is 73.9 Å². The van der Waals surface area contributed by atoms with E-state index < -0.39 is 29.4 Å². The molecule has 2 bridgehead atoms. The zero-order valence-electron chi connectivity index (χ0n) is 33.6. The number of nitrogens with one attached hydrogen (secondary N) is 3. The monoisotopic (exact) mass is 805 g/mol. The van der Waals surface area contributed by atoms with Crippen LogP contribution in [0, 0.1) is 24.5 Å². The molecule has 0 spiro atoms. The van der Waals surface area contributed by atoms with Gasteiger partial charge in [0.25, 0.3) is 5.91 Å². The van der Waals surface area contributed by atoms with Gasteiger partial charge in [-0.1, -0.05) is 6.92 Å². The number of amides is 3. The lowest BCUT2D eigenvalue weighted by Crippen LogP contribution is -2.60. The van der Waals surface area contributed by atoms with E-state index in [1.165, 1.54) is 12.1 Å². The Hall–Kier alpha value is -5.70. The minimum Gasteiger partial charge on any atom is -0.477 e. The summed E-state index contributed by atoms with van der Waals surface area (Å²) in [5.41, 5.74) is 5.79. The molecule has 3 fully saturated rings. The number of benzene rings is 2. The molecule has 0 radical (unpaired) electrons. The minimum absolute atomic E-state index is 0.0373. The summed E-state index contributed by atoms with van der Waals surface area (Å²) in [4.78, 5) is 49.6. The Labute approximate surface area is 340 Å². The molecule has 15 heteroatoms. The molecular weight excluding hydrogens is 757 g/mol. The Balaban J connectivity index is 0.853. The van der Waals surface area contributed by atoms with Crippen molar-refractivity contribution in [1.82, 2.24) is 34.9 Å². The fraction of sp³-hybridized carbons (Fsp3) is 0.455. The van der Waals surface area contributed by atoms with E-state index in [-0.39, 0.29) is 36.1 Å². The first-order chi connectivity index (χ1) is 28.5. The average Bonchev–Trinajstić information content (AvgIpc) is 3.72. The predicted molar refractivity (Wildman–Crippen MR) is 218 cm³/mol. The number of aromatic nitrogens is 5. The van der Waals surface area contributed by atoms with Crippen molar-refractivity contribution in [3.05, 3.63) is 82.7 Å². The van der Waals surface area contributed by atoms with Gasteiger partial charge in [-0.05, 0) is 112 Å².